The van der Waals surface area contributed by atoms with Gasteiger partial charge in [0.05, 0.1) is 12.7 Å². The summed E-state index contributed by atoms with van der Waals surface area (Å²) in [6, 6.07) is 3.72. The summed E-state index contributed by atoms with van der Waals surface area (Å²) in [6.07, 6.45) is -4.72. The molecule has 5 nitrogen and oxygen atoms in total. The molecule has 0 spiro atoms. The summed E-state index contributed by atoms with van der Waals surface area (Å²) in [5.74, 6) is -2.70. The number of carboxylic acids is 1. The second-order valence-corrected chi connectivity index (χ2v) is 4.45. The van der Waals surface area contributed by atoms with Crippen LogP contribution in [0.15, 0.2) is 18.2 Å². The van der Waals surface area contributed by atoms with E-state index < -0.39 is 31.1 Å². The fourth-order valence-corrected chi connectivity index (χ4v) is 1.75. The number of carboxylic acid groups (broad SMARTS) is 1. The third kappa shape index (κ3) is 5.14. The lowest BCUT2D eigenvalue weighted by Gasteiger charge is -2.23. The number of hydrogen-bond acceptors (Lipinski definition) is 3. The van der Waals surface area contributed by atoms with Crippen LogP contribution >= 0.6 is 11.6 Å². The molecular formula is C12H11ClF3NO4. The molecule has 0 unspecified atom stereocenters. The van der Waals surface area contributed by atoms with E-state index in [1.54, 1.807) is 0 Å². The lowest BCUT2D eigenvalue weighted by molar-refractivity contribution is -0.149. The highest BCUT2D eigenvalue weighted by Crippen LogP contribution is 2.26. The van der Waals surface area contributed by atoms with Crippen LogP contribution in [0.3, 0.4) is 0 Å². The van der Waals surface area contributed by atoms with Crippen LogP contribution in [0.25, 0.3) is 0 Å². The maximum Gasteiger partial charge on any atom is 0.406 e. The van der Waals surface area contributed by atoms with Gasteiger partial charge >= 0.3 is 12.1 Å². The van der Waals surface area contributed by atoms with Crippen LogP contribution in [-0.4, -0.2) is 48.3 Å². The molecule has 9 heteroatoms. The molecule has 0 aliphatic heterocycles. The Morgan fingerprint density at radius 3 is 2.48 bits per heavy atom. The molecule has 21 heavy (non-hydrogen) atoms. The first kappa shape index (κ1) is 17.1. The van der Waals surface area contributed by atoms with Crippen molar-refractivity contribution < 1.29 is 32.6 Å². The second-order valence-electron chi connectivity index (χ2n) is 4.01. The minimum Gasteiger partial charge on any atom is -0.496 e. The first-order valence-electron chi connectivity index (χ1n) is 5.55. The Labute approximate surface area is 122 Å². The molecule has 1 N–H and O–H groups in total. The van der Waals surface area contributed by atoms with E-state index in [1.807, 2.05) is 0 Å². The van der Waals surface area contributed by atoms with Gasteiger partial charge in [0.1, 0.15) is 18.8 Å². The van der Waals surface area contributed by atoms with E-state index in [0.29, 0.717) is 0 Å². The zero-order chi connectivity index (χ0) is 16.2. The van der Waals surface area contributed by atoms with Crippen molar-refractivity contribution in [2.24, 2.45) is 0 Å². The van der Waals surface area contributed by atoms with E-state index >= 15 is 0 Å². The van der Waals surface area contributed by atoms with Crippen LogP contribution in [0.2, 0.25) is 5.02 Å². The number of benzene rings is 1. The number of methoxy groups -OCH3 is 1. The van der Waals surface area contributed by atoms with Crippen molar-refractivity contribution in [3.63, 3.8) is 0 Å². The molecule has 0 aromatic heterocycles. The van der Waals surface area contributed by atoms with Gasteiger partial charge in [0.25, 0.3) is 5.91 Å². The molecule has 116 valence electrons. The fraction of sp³-hybridized carbons (Fsp3) is 0.333. The number of hydrogen-bond donors (Lipinski definition) is 1. The Morgan fingerprint density at radius 2 is 2.00 bits per heavy atom. The van der Waals surface area contributed by atoms with Crippen LogP contribution in [0.1, 0.15) is 10.4 Å². The van der Waals surface area contributed by atoms with E-state index in [0.717, 1.165) is 0 Å². The van der Waals surface area contributed by atoms with Gasteiger partial charge in [-0.2, -0.15) is 13.2 Å². The molecule has 1 amide bonds. The molecule has 0 saturated carbocycles. The Hall–Kier alpha value is -1.96. The summed E-state index contributed by atoms with van der Waals surface area (Å²) in [5, 5.41) is 8.86. The van der Waals surface area contributed by atoms with Crippen LogP contribution in [0.4, 0.5) is 13.2 Å². The van der Waals surface area contributed by atoms with E-state index in [2.05, 4.69) is 0 Å². The Morgan fingerprint density at radius 1 is 1.38 bits per heavy atom. The lowest BCUT2D eigenvalue weighted by atomic mass is 10.1. The van der Waals surface area contributed by atoms with Gasteiger partial charge < -0.3 is 14.7 Å². The summed E-state index contributed by atoms with van der Waals surface area (Å²) < 4.78 is 42.2. The second kappa shape index (κ2) is 6.66. The van der Waals surface area contributed by atoms with E-state index in [-0.39, 0.29) is 21.2 Å². The Balaban J connectivity index is 3.13. The van der Waals surface area contributed by atoms with Gasteiger partial charge in [0, 0.05) is 5.02 Å². The van der Waals surface area contributed by atoms with Gasteiger partial charge in [0.15, 0.2) is 0 Å². The molecule has 0 heterocycles. The number of halogens is 4. The summed E-state index contributed by atoms with van der Waals surface area (Å²) >= 11 is 5.69. The van der Waals surface area contributed by atoms with Gasteiger partial charge in [-0.25, -0.2) is 0 Å². The molecule has 1 aromatic carbocycles. The van der Waals surface area contributed by atoms with Crippen molar-refractivity contribution in [3.8, 4) is 5.75 Å². The molecule has 0 fully saturated rings. The van der Waals surface area contributed by atoms with E-state index in [1.165, 1.54) is 25.3 Å². The highest BCUT2D eigenvalue weighted by molar-refractivity contribution is 6.30. The molecule has 0 aliphatic rings. The molecule has 0 aliphatic carbocycles. The number of carbonyl (C=O) groups excluding carboxylic acids is 1. The van der Waals surface area contributed by atoms with Crippen molar-refractivity contribution in [1.29, 1.82) is 0 Å². The topological polar surface area (TPSA) is 66.8 Å². The normalized spacial score (nSPS) is 11.1. The zero-order valence-electron chi connectivity index (χ0n) is 10.8. The van der Waals surface area contributed by atoms with Gasteiger partial charge in [-0.05, 0) is 18.2 Å². The zero-order valence-corrected chi connectivity index (χ0v) is 11.5. The van der Waals surface area contributed by atoms with E-state index in [4.69, 9.17) is 21.4 Å². The smallest absolute Gasteiger partial charge is 0.406 e. The number of rotatable bonds is 5. The monoisotopic (exact) mass is 325 g/mol. The summed E-state index contributed by atoms with van der Waals surface area (Å²) in [5.41, 5.74) is -0.201. The van der Waals surface area contributed by atoms with Crippen LogP contribution < -0.4 is 4.74 Å². The summed E-state index contributed by atoms with van der Waals surface area (Å²) in [4.78, 5) is 22.9. The third-order valence-corrected chi connectivity index (χ3v) is 2.61. The Bertz CT molecular complexity index is 548. The van der Waals surface area contributed by atoms with Crippen molar-refractivity contribution in [1.82, 2.24) is 4.90 Å². The maximum absolute atomic E-state index is 12.4. The largest absolute Gasteiger partial charge is 0.496 e. The standard InChI is InChI=1S/C12H11ClF3NO4/c1-21-9-4-7(13)2-3-8(9)11(20)17(5-10(18)19)6-12(14,15)16/h2-4H,5-6H2,1H3,(H,18,19). The van der Waals surface area contributed by atoms with Gasteiger partial charge in [0.2, 0.25) is 0 Å². The molecule has 0 atom stereocenters. The number of carbonyl (C=O) groups is 2. The van der Waals surface area contributed by atoms with Crippen LogP contribution in [-0.2, 0) is 4.79 Å². The first-order chi connectivity index (χ1) is 9.64. The van der Waals surface area contributed by atoms with Crippen molar-refractivity contribution in [2.45, 2.75) is 6.18 Å². The number of alkyl halides is 3. The highest BCUT2D eigenvalue weighted by Gasteiger charge is 2.35. The number of aliphatic carboxylic acids is 1. The minimum absolute atomic E-state index is 0.0370. The van der Waals surface area contributed by atoms with Crippen LogP contribution in [0.5, 0.6) is 5.75 Å². The minimum atomic E-state index is -4.72. The fourth-order valence-electron chi connectivity index (χ4n) is 1.59. The first-order valence-corrected chi connectivity index (χ1v) is 5.93. The lowest BCUT2D eigenvalue weighted by Crippen LogP contribution is -2.42. The van der Waals surface area contributed by atoms with E-state index in [9.17, 15) is 22.8 Å². The SMILES string of the molecule is COc1cc(Cl)ccc1C(=O)N(CC(=O)O)CC(F)(F)F. The van der Waals surface area contributed by atoms with Gasteiger partial charge in [-0.1, -0.05) is 11.6 Å². The predicted octanol–water partition coefficient (Wildman–Crippen LogP) is 2.44. The van der Waals surface area contributed by atoms with Crippen LogP contribution in [0, 0.1) is 0 Å². The number of nitrogens with zero attached hydrogens (tertiary/aromatic N) is 1. The number of ether oxygens (including phenoxy) is 1. The number of amides is 1. The third-order valence-electron chi connectivity index (χ3n) is 2.38. The Kier molecular flexibility index (Phi) is 5.42. The summed E-state index contributed by atoms with van der Waals surface area (Å²) in [6.45, 7) is -2.76. The van der Waals surface area contributed by atoms with Crippen molar-refractivity contribution >= 4 is 23.5 Å². The predicted molar refractivity (Wildman–Crippen MR) is 67.6 cm³/mol. The van der Waals surface area contributed by atoms with Gasteiger partial charge in [-0.15, -0.1) is 0 Å². The molecule has 0 saturated heterocycles. The quantitative estimate of drug-likeness (QED) is 0.903. The maximum atomic E-state index is 12.4. The van der Waals surface area contributed by atoms with Gasteiger partial charge in [-0.3, -0.25) is 9.59 Å². The van der Waals surface area contributed by atoms with Crippen molar-refractivity contribution in [3.05, 3.63) is 28.8 Å². The molecular weight excluding hydrogens is 315 g/mol. The molecule has 0 bridgehead atoms. The van der Waals surface area contributed by atoms with Crippen molar-refractivity contribution in [2.75, 3.05) is 20.2 Å². The molecule has 1 aromatic rings. The molecule has 1 rings (SSSR count). The summed E-state index contributed by atoms with van der Waals surface area (Å²) in [7, 11) is 1.22. The average molecular weight is 326 g/mol. The molecule has 0 radical (unpaired) electrons. The average Bonchev–Trinajstić information content (AvgIpc) is 2.34. The highest BCUT2D eigenvalue weighted by atomic mass is 35.5.